The first-order valence-corrected chi connectivity index (χ1v) is 9.58. The molecule has 5 heteroatoms. The number of H-pyrrole nitrogens is 1. The molecule has 0 aliphatic heterocycles. The summed E-state index contributed by atoms with van der Waals surface area (Å²) in [7, 11) is 0. The van der Waals surface area contributed by atoms with E-state index in [9.17, 15) is 0 Å². The number of nitrogens with one attached hydrogen (secondary N) is 1. The number of hydrogen-bond donors (Lipinski definition) is 1. The quantitative estimate of drug-likeness (QED) is 0.787. The van der Waals surface area contributed by atoms with Crippen molar-refractivity contribution in [1.82, 2.24) is 25.0 Å². The molecule has 0 amide bonds. The van der Waals surface area contributed by atoms with Crippen molar-refractivity contribution in [3.63, 3.8) is 0 Å². The van der Waals surface area contributed by atoms with Crippen LogP contribution in [-0.2, 0) is 6.54 Å². The molecular formula is C20H23N5. The molecule has 3 heterocycles. The number of aromatic nitrogens is 5. The summed E-state index contributed by atoms with van der Waals surface area (Å²) in [5, 5.41) is 14.4. The van der Waals surface area contributed by atoms with Gasteiger partial charge in [0.2, 0.25) is 0 Å². The molecule has 0 radical (unpaired) electrons. The Morgan fingerprint density at radius 1 is 1.08 bits per heavy atom. The van der Waals surface area contributed by atoms with Crippen molar-refractivity contribution in [1.29, 1.82) is 0 Å². The second kappa shape index (κ2) is 4.93. The molecule has 25 heavy (non-hydrogen) atoms. The summed E-state index contributed by atoms with van der Waals surface area (Å²) in [5.41, 5.74) is 3.32. The lowest BCUT2D eigenvalue weighted by molar-refractivity contribution is -0.0635. The minimum atomic E-state index is 0.508. The normalized spacial score (nSPS) is 33.4. The predicted molar refractivity (Wildman–Crippen MR) is 95.7 cm³/mol. The molecule has 4 bridgehead atoms. The van der Waals surface area contributed by atoms with Gasteiger partial charge in [0.15, 0.2) is 5.65 Å². The van der Waals surface area contributed by atoms with E-state index in [1.807, 2.05) is 18.5 Å². The van der Waals surface area contributed by atoms with Crippen LogP contribution in [-0.4, -0.2) is 25.0 Å². The summed E-state index contributed by atoms with van der Waals surface area (Å²) >= 11 is 0. The average Bonchev–Trinajstić information content (AvgIpc) is 3.21. The predicted octanol–water partition coefficient (Wildman–Crippen LogP) is 4.04. The Hall–Kier alpha value is -2.17. The van der Waals surface area contributed by atoms with E-state index in [2.05, 4.69) is 37.2 Å². The fraction of sp³-hybridized carbons (Fsp3) is 0.550. The molecule has 4 saturated carbocycles. The van der Waals surface area contributed by atoms with E-state index in [0.717, 1.165) is 46.6 Å². The second-order valence-corrected chi connectivity index (χ2v) is 8.86. The van der Waals surface area contributed by atoms with Gasteiger partial charge in [-0.15, -0.1) is 10.2 Å². The third-order valence-electron chi connectivity index (χ3n) is 6.90. The highest BCUT2D eigenvalue weighted by Gasteiger charge is 2.50. The van der Waals surface area contributed by atoms with Gasteiger partial charge in [-0.05, 0) is 73.8 Å². The molecule has 3 aromatic rings. The summed E-state index contributed by atoms with van der Waals surface area (Å²) in [5.74, 6) is 2.97. The van der Waals surface area contributed by atoms with Gasteiger partial charge in [-0.25, -0.2) is 0 Å². The third kappa shape index (κ3) is 2.25. The number of aromatic amines is 1. The van der Waals surface area contributed by atoms with Gasteiger partial charge in [0.05, 0.1) is 11.9 Å². The first-order valence-electron chi connectivity index (χ1n) is 9.58. The Kier molecular flexibility index (Phi) is 2.77. The molecule has 0 saturated heterocycles. The van der Waals surface area contributed by atoms with Gasteiger partial charge < -0.3 is 4.98 Å². The zero-order valence-electron chi connectivity index (χ0n) is 14.4. The Morgan fingerprint density at radius 2 is 1.84 bits per heavy atom. The van der Waals surface area contributed by atoms with Gasteiger partial charge in [0.1, 0.15) is 0 Å². The maximum atomic E-state index is 4.68. The van der Waals surface area contributed by atoms with E-state index in [1.165, 1.54) is 38.5 Å². The molecule has 4 fully saturated rings. The molecule has 0 unspecified atom stereocenters. The lowest BCUT2D eigenvalue weighted by atomic mass is 9.49. The lowest BCUT2D eigenvalue weighted by Gasteiger charge is -2.56. The van der Waals surface area contributed by atoms with E-state index in [0.29, 0.717) is 5.41 Å². The van der Waals surface area contributed by atoms with Crippen LogP contribution in [0, 0.1) is 23.2 Å². The monoisotopic (exact) mass is 333 g/mol. The molecule has 1 N–H and O–H groups in total. The van der Waals surface area contributed by atoms with Crippen molar-refractivity contribution in [3.05, 3.63) is 30.7 Å². The molecule has 0 atom stereocenters. The van der Waals surface area contributed by atoms with Crippen molar-refractivity contribution in [2.24, 2.45) is 23.2 Å². The summed E-state index contributed by atoms with van der Waals surface area (Å²) in [6, 6.07) is 4.12. The van der Waals surface area contributed by atoms with Crippen LogP contribution in [0.2, 0.25) is 0 Å². The summed E-state index contributed by atoms with van der Waals surface area (Å²) < 4.78 is 2.17. The van der Waals surface area contributed by atoms with Crippen LogP contribution < -0.4 is 0 Å². The molecule has 7 rings (SSSR count). The van der Waals surface area contributed by atoms with Crippen molar-refractivity contribution in [2.75, 3.05) is 0 Å². The van der Waals surface area contributed by atoms with E-state index < -0.39 is 0 Å². The Morgan fingerprint density at radius 3 is 2.60 bits per heavy atom. The van der Waals surface area contributed by atoms with Crippen molar-refractivity contribution in [3.8, 4) is 11.3 Å². The summed E-state index contributed by atoms with van der Waals surface area (Å²) in [6.45, 7) is 1.08. The standard InChI is InChI=1S/C20H23N5/c1-2-21-19-16(1)6-18(23-24-19)17-10-22-25(11-17)12-20-7-13-3-14(8-20)5-15(4-13)9-20/h1-2,6,10-11,13-15H,3-5,7-9,12H2,(H,21,24). The Bertz CT molecular complexity index is 901. The molecule has 5 nitrogen and oxygen atoms in total. The molecule has 128 valence electrons. The lowest BCUT2D eigenvalue weighted by Crippen LogP contribution is -2.47. The number of nitrogens with zero attached hydrogens (tertiary/aromatic N) is 4. The van der Waals surface area contributed by atoms with Crippen molar-refractivity contribution < 1.29 is 0 Å². The highest BCUT2D eigenvalue weighted by atomic mass is 15.3. The van der Waals surface area contributed by atoms with Crippen LogP contribution in [0.3, 0.4) is 0 Å². The topological polar surface area (TPSA) is 59.4 Å². The van der Waals surface area contributed by atoms with Gasteiger partial charge in [0.25, 0.3) is 0 Å². The van der Waals surface area contributed by atoms with Crippen LogP contribution in [0.5, 0.6) is 0 Å². The molecule has 4 aliphatic carbocycles. The zero-order valence-corrected chi connectivity index (χ0v) is 14.4. The fourth-order valence-corrected chi connectivity index (χ4v) is 6.41. The van der Waals surface area contributed by atoms with Gasteiger partial charge in [-0.2, -0.15) is 5.10 Å². The fourth-order valence-electron chi connectivity index (χ4n) is 6.41. The molecule has 0 aromatic carbocycles. The maximum absolute atomic E-state index is 4.68. The van der Waals surface area contributed by atoms with Gasteiger partial charge in [0, 0.05) is 29.9 Å². The van der Waals surface area contributed by atoms with Crippen LogP contribution in [0.1, 0.15) is 38.5 Å². The molecule has 4 aliphatic rings. The minimum absolute atomic E-state index is 0.508. The number of rotatable bonds is 3. The highest BCUT2D eigenvalue weighted by Crippen LogP contribution is 2.60. The van der Waals surface area contributed by atoms with Crippen LogP contribution in [0.25, 0.3) is 22.3 Å². The van der Waals surface area contributed by atoms with Crippen LogP contribution in [0.4, 0.5) is 0 Å². The van der Waals surface area contributed by atoms with Gasteiger partial charge in [-0.1, -0.05) is 0 Å². The SMILES string of the molecule is c1cc2cc(-c3cnn(CC45CC6CC(CC(C6)C4)C5)c3)nnc2[nH]1. The number of fused-ring (bicyclic) bond motifs is 1. The van der Waals surface area contributed by atoms with E-state index in [-0.39, 0.29) is 0 Å². The summed E-state index contributed by atoms with van der Waals surface area (Å²) in [6.07, 6.45) is 14.8. The smallest absolute Gasteiger partial charge is 0.159 e. The zero-order chi connectivity index (χ0) is 16.4. The van der Waals surface area contributed by atoms with Crippen molar-refractivity contribution >= 4 is 11.0 Å². The summed E-state index contributed by atoms with van der Waals surface area (Å²) in [4.78, 5) is 3.09. The minimum Gasteiger partial charge on any atom is -0.345 e. The van der Waals surface area contributed by atoms with E-state index >= 15 is 0 Å². The average molecular weight is 333 g/mol. The molecule has 0 spiro atoms. The van der Waals surface area contributed by atoms with E-state index in [1.54, 1.807) is 0 Å². The first kappa shape index (κ1) is 14.0. The second-order valence-electron chi connectivity index (χ2n) is 8.86. The maximum Gasteiger partial charge on any atom is 0.159 e. The highest BCUT2D eigenvalue weighted by molar-refractivity contribution is 5.79. The Labute approximate surface area is 146 Å². The van der Waals surface area contributed by atoms with Crippen molar-refractivity contribution in [2.45, 2.75) is 45.1 Å². The third-order valence-corrected chi connectivity index (χ3v) is 6.90. The molecular weight excluding hydrogens is 310 g/mol. The van der Waals surface area contributed by atoms with E-state index in [4.69, 9.17) is 0 Å². The molecule has 3 aromatic heterocycles. The van der Waals surface area contributed by atoms with Gasteiger partial charge in [-0.3, -0.25) is 4.68 Å². The largest absolute Gasteiger partial charge is 0.345 e. The number of hydrogen-bond acceptors (Lipinski definition) is 3. The van der Waals surface area contributed by atoms with Crippen LogP contribution in [0.15, 0.2) is 30.7 Å². The Balaban J connectivity index is 1.28. The van der Waals surface area contributed by atoms with Crippen LogP contribution >= 0.6 is 0 Å². The first-order chi connectivity index (χ1) is 12.2. The van der Waals surface area contributed by atoms with Gasteiger partial charge >= 0.3 is 0 Å².